The second-order valence-corrected chi connectivity index (χ2v) is 14.9. The minimum atomic E-state index is -0.556. The number of carbonyl (C=O) groups is 1. The third-order valence-electron chi connectivity index (χ3n) is 9.91. The van der Waals surface area contributed by atoms with E-state index in [0.29, 0.717) is 72.4 Å². The molecule has 0 heterocycles. The molecule has 7 aromatic carbocycles. The van der Waals surface area contributed by atoms with Gasteiger partial charge in [-0.05, 0) is 69.8 Å². The maximum atomic E-state index is 13.0. The summed E-state index contributed by atoms with van der Waals surface area (Å²) in [6.45, 7) is 9.46. The summed E-state index contributed by atoms with van der Waals surface area (Å²) in [6, 6.07) is 51.8. The zero-order valence-corrected chi connectivity index (χ0v) is 36.9. The average Bonchev–Trinajstić information content (AvgIpc) is 3.37. The molecule has 0 N–H and O–H groups in total. The fourth-order valence-corrected chi connectivity index (χ4v) is 6.68. The molecule has 7 aromatic rings. The minimum absolute atomic E-state index is 0.0750. The fraction of sp³-hybridized carbons (Fsp3) is 0.161. The summed E-state index contributed by atoms with van der Waals surface area (Å²) in [6.07, 6.45) is 3.33. The van der Waals surface area contributed by atoms with Crippen molar-refractivity contribution in [2.45, 2.75) is 39.6 Å². The fourth-order valence-electron chi connectivity index (χ4n) is 6.68. The van der Waals surface area contributed by atoms with Crippen LogP contribution in [0.1, 0.15) is 43.7 Å². The van der Waals surface area contributed by atoms with Crippen LogP contribution in [-0.4, -0.2) is 26.3 Å². The zero-order valence-electron chi connectivity index (χ0n) is 36.9. The average molecular weight is 885 g/mol. The van der Waals surface area contributed by atoms with Crippen molar-refractivity contribution >= 4 is 5.97 Å². The molecule has 66 heavy (non-hydrogen) atoms. The van der Waals surface area contributed by atoms with Crippen LogP contribution in [0.4, 0.5) is 0 Å². The predicted molar refractivity (Wildman–Crippen MR) is 254 cm³/mol. The SMILES string of the molecule is C=CCOc1c(OCc2ccccc2)cc(COc2cc(OCc3cc(OCc4ccccc4)c(OCC=C)c(OCc4ccccc4)c3)cc(C(=O)OC)c2)cc1OCc1ccccc1. The van der Waals surface area contributed by atoms with E-state index in [0.717, 1.165) is 33.4 Å². The Labute approximate surface area is 386 Å². The molecular formula is C56H52O10. The van der Waals surface area contributed by atoms with Gasteiger partial charge in [-0.3, -0.25) is 0 Å². The van der Waals surface area contributed by atoms with E-state index >= 15 is 0 Å². The van der Waals surface area contributed by atoms with Crippen LogP contribution >= 0.6 is 0 Å². The number of rotatable bonds is 25. The van der Waals surface area contributed by atoms with E-state index < -0.39 is 5.97 Å². The van der Waals surface area contributed by atoms with Crippen molar-refractivity contribution in [2.24, 2.45) is 0 Å². The maximum absolute atomic E-state index is 13.0. The number of carbonyl (C=O) groups excluding carboxylic acids is 1. The molecule has 10 nitrogen and oxygen atoms in total. The van der Waals surface area contributed by atoms with Gasteiger partial charge in [0.25, 0.3) is 0 Å². The Hall–Kier alpha value is -8.11. The number of esters is 1. The lowest BCUT2D eigenvalue weighted by molar-refractivity contribution is 0.0599. The lowest BCUT2D eigenvalue weighted by Crippen LogP contribution is -2.07. The largest absolute Gasteiger partial charge is 0.489 e. The molecule has 0 saturated carbocycles. The van der Waals surface area contributed by atoms with Crippen molar-refractivity contribution in [1.82, 2.24) is 0 Å². The van der Waals surface area contributed by atoms with E-state index in [4.69, 9.17) is 42.6 Å². The van der Waals surface area contributed by atoms with Gasteiger partial charge in [-0.2, -0.15) is 0 Å². The van der Waals surface area contributed by atoms with Crippen LogP contribution < -0.4 is 37.9 Å². The quantitative estimate of drug-likeness (QED) is 0.0407. The third-order valence-corrected chi connectivity index (χ3v) is 9.91. The molecule has 0 radical (unpaired) electrons. The first-order chi connectivity index (χ1) is 32.5. The molecular weight excluding hydrogens is 833 g/mol. The molecule has 0 spiro atoms. The standard InChI is InChI=1S/C56H52O10/c1-4-26-59-54-50(63-35-41-18-10-6-11-19-41)28-45(29-51(54)64-36-42-20-12-7-13-21-42)39-61-48-32-47(56(57)58-3)33-49(34-48)62-40-46-30-52(65-37-43-22-14-8-15-23-43)55(60-27-5-2)53(31-46)66-38-44-24-16-9-17-25-44/h4-25,28-34H,1-2,26-27,35-40H2,3H3. The van der Waals surface area contributed by atoms with Crippen molar-refractivity contribution < 1.29 is 47.4 Å². The van der Waals surface area contributed by atoms with Gasteiger partial charge in [-0.15, -0.1) is 0 Å². The Balaban J connectivity index is 1.16. The molecule has 0 aliphatic heterocycles. The molecule has 0 aliphatic carbocycles. The van der Waals surface area contributed by atoms with Crippen molar-refractivity contribution in [2.75, 3.05) is 20.3 Å². The first kappa shape index (κ1) is 45.9. The lowest BCUT2D eigenvalue weighted by atomic mass is 10.1. The Kier molecular flexibility index (Phi) is 16.8. The van der Waals surface area contributed by atoms with Crippen molar-refractivity contribution in [3.8, 4) is 46.0 Å². The van der Waals surface area contributed by atoms with Gasteiger partial charge >= 0.3 is 5.97 Å². The molecule has 0 unspecified atom stereocenters. The van der Waals surface area contributed by atoms with Crippen LogP contribution in [0, 0.1) is 0 Å². The molecule has 0 amide bonds. The highest BCUT2D eigenvalue weighted by atomic mass is 16.6. The summed E-state index contributed by atoms with van der Waals surface area (Å²) < 4.78 is 55.7. The summed E-state index contributed by atoms with van der Waals surface area (Å²) in [4.78, 5) is 13.0. The first-order valence-electron chi connectivity index (χ1n) is 21.4. The number of benzene rings is 7. The van der Waals surface area contributed by atoms with Gasteiger partial charge in [0.05, 0.1) is 12.7 Å². The molecule has 0 aliphatic rings. The molecule has 336 valence electrons. The molecule has 0 saturated heterocycles. The topological polar surface area (TPSA) is 100 Å². The third kappa shape index (κ3) is 13.5. The van der Waals surface area contributed by atoms with E-state index in [9.17, 15) is 4.79 Å². The van der Waals surface area contributed by atoms with E-state index in [2.05, 4.69) is 13.2 Å². The van der Waals surface area contributed by atoms with Crippen LogP contribution in [0.3, 0.4) is 0 Å². The summed E-state index contributed by atoms with van der Waals surface area (Å²) in [7, 11) is 1.32. The summed E-state index contributed by atoms with van der Waals surface area (Å²) >= 11 is 0. The lowest BCUT2D eigenvalue weighted by Gasteiger charge is -2.19. The van der Waals surface area contributed by atoms with E-state index in [1.54, 1.807) is 30.4 Å². The second-order valence-electron chi connectivity index (χ2n) is 14.9. The van der Waals surface area contributed by atoms with Gasteiger partial charge in [0.2, 0.25) is 11.5 Å². The van der Waals surface area contributed by atoms with Gasteiger partial charge in [-0.25, -0.2) is 4.79 Å². The van der Waals surface area contributed by atoms with Gasteiger partial charge < -0.3 is 42.6 Å². The predicted octanol–water partition coefficient (Wildman–Crippen LogP) is 12.1. The normalized spacial score (nSPS) is 10.6. The Morgan fingerprint density at radius 2 is 0.697 bits per heavy atom. The van der Waals surface area contributed by atoms with Crippen molar-refractivity contribution in [3.63, 3.8) is 0 Å². The van der Waals surface area contributed by atoms with Crippen LogP contribution in [0.25, 0.3) is 0 Å². The van der Waals surface area contributed by atoms with E-state index in [1.807, 2.05) is 146 Å². The highest BCUT2D eigenvalue weighted by molar-refractivity contribution is 5.90. The summed E-state index contributed by atoms with van der Waals surface area (Å²) in [5.41, 5.74) is 5.62. The van der Waals surface area contributed by atoms with Gasteiger partial charge in [-0.1, -0.05) is 147 Å². The molecule has 0 bridgehead atoms. The molecule has 10 heteroatoms. The minimum Gasteiger partial charge on any atom is -0.489 e. The smallest absolute Gasteiger partial charge is 0.338 e. The van der Waals surface area contributed by atoms with Crippen LogP contribution in [-0.2, 0) is 44.4 Å². The van der Waals surface area contributed by atoms with Gasteiger partial charge in [0.1, 0.15) is 64.4 Å². The highest BCUT2D eigenvalue weighted by Gasteiger charge is 2.20. The number of ether oxygens (including phenoxy) is 9. The molecule has 7 rings (SSSR count). The Morgan fingerprint density at radius 3 is 0.985 bits per heavy atom. The van der Waals surface area contributed by atoms with Crippen LogP contribution in [0.15, 0.2) is 189 Å². The monoisotopic (exact) mass is 884 g/mol. The Bertz CT molecular complexity index is 2330. The van der Waals surface area contributed by atoms with Crippen LogP contribution in [0.2, 0.25) is 0 Å². The molecule has 0 atom stereocenters. The van der Waals surface area contributed by atoms with Crippen LogP contribution in [0.5, 0.6) is 46.0 Å². The maximum Gasteiger partial charge on any atom is 0.338 e. The summed E-state index contributed by atoms with van der Waals surface area (Å²) in [5, 5.41) is 0. The zero-order chi connectivity index (χ0) is 45.8. The highest BCUT2D eigenvalue weighted by Crippen LogP contribution is 2.42. The molecule has 0 fully saturated rings. The summed E-state index contributed by atoms with van der Waals surface area (Å²) in [5.74, 6) is 2.94. The van der Waals surface area contributed by atoms with Crippen molar-refractivity contribution in [3.05, 3.63) is 228 Å². The number of hydrogen-bond donors (Lipinski definition) is 0. The first-order valence-corrected chi connectivity index (χ1v) is 21.4. The van der Waals surface area contributed by atoms with Gasteiger partial charge in [0, 0.05) is 6.07 Å². The number of methoxy groups -OCH3 is 1. The van der Waals surface area contributed by atoms with E-state index in [-0.39, 0.29) is 32.0 Å². The van der Waals surface area contributed by atoms with Gasteiger partial charge in [0.15, 0.2) is 23.0 Å². The second kappa shape index (κ2) is 24.1. The van der Waals surface area contributed by atoms with E-state index in [1.165, 1.54) is 7.11 Å². The number of hydrogen-bond acceptors (Lipinski definition) is 10. The molecule has 0 aromatic heterocycles. The van der Waals surface area contributed by atoms with Crippen molar-refractivity contribution in [1.29, 1.82) is 0 Å². The Morgan fingerprint density at radius 1 is 0.394 bits per heavy atom.